The fourth-order valence-corrected chi connectivity index (χ4v) is 4.30. The van der Waals surface area contributed by atoms with Crippen LogP contribution in [0.5, 0.6) is 0 Å². The van der Waals surface area contributed by atoms with Crippen molar-refractivity contribution < 1.29 is 0 Å². The van der Waals surface area contributed by atoms with Gasteiger partial charge in [0.1, 0.15) is 10.6 Å². The first kappa shape index (κ1) is 14.6. The number of thiophene rings is 1. The minimum atomic E-state index is 0.359. The Morgan fingerprint density at radius 1 is 1.38 bits per heavy atom. The predicted octanol–water partition coefficient (Wildman–Crippen LogP) is 4.21. The lowest BCUT2D eigenvalue weighted by molar-refractivity contribution is 0.274. The molecule has 0 amide bonds. The third kappa shape index (κ3) is 3.46. The Hall–Kier alpha value is -1.36. The Labute approximate surface area is 130 Å². The van der Waals surface area contributed by atoms with E-state index >= 15 is 0 Å². The molecule has 0 bridgehead atoms. The van der Waals surface area contributed by atoms with Crippen molar-refractivity contribution in [3.05, 3.63) is 10.9 Å². The third-order valence-corrected chi connectivity index (χ3v) is 5.37. The van der Waals surface area contributed by atoms with Gasteiger partial charge < -0.3 is 11.1 Å². The highest BCUT2D eigenvalue weighted by molar-refractivity contribution is 7.18. The second-order valence-corrected chi connectivity index (χ2v) is 7.59. The molecule has 5 heteroatoms. The van der Waals surface area contributed by atoms with E-state index in [4.69, 9.17) is 5.73 Å². The molecular weight excluding hydrogens is 280 g/mol. The van der Waals surface area contributed by atoms with E-state index in [1.807, 2.05) is 0 Å². The van der Waals surface area contributed by atoms with Crippen molar-refractivity contribution in [1.82, 2.24) is 9.97 Å². The summed E-state index contributed by atoms with van der Waals surface area (Å²) in [5.74, 6) is 3.01. The van der Waals surface area contributed by atoms with Gasteiger partial charge in [-0.1, -0.05) is 26.2 Å². The first-order chi connectivity index (χ1) is 10.1. The summed E-state index contributed by atoms with van der Waals surface area (Å²) >= 11 is 1.67. The number of nitrogens with one attached hydrogen (secondary N) is 1. The van der Waals surface area contributed by atoms with Crippen LogP contribution in [0, 0.1) is 18.8 Å². The highest BCUT2D eigenvalue weighted by Crippen LogP contribution is 2.32. The molecule has 1 saturated carbocycles. The van der Waals surface area contributed by atoms with E-state index in [9.17, 15) is 0 Å². The molecule has 1 aliphatic carbocycles. The lowest BCUT2D eigenvalue weighted by Gasteiger charge is -2.26. The van der Waals surface area contributed by atoms with E-state index in [-0.39, 0.29) is 0 Å². The van der Waals surface area contributed by atoms with Gasteiger partial charge in [-0.2, -0.15) is 4.98 Å². The van der Waals surface area contributed by atoms with Gasteiger partial charge in [0, 0.05) is 11.4 Å². The van der Waals surface area contributed by atoms with Crippen molar-refractivity contribution in [3.63, 3.8) is 0 Å². The normalized spacial score (nSPS) is 22.6. The van der Waals surface area contributed by atoms with Crippen molar-refractivity contribution >= 4 is 33.3 Å². The lowest BCUT2D eigenvalue weighted by Crippen LogP contribution is -2.17. The summed E-state index contributed by atoms with van der Waals surface area (Å²) in [7, 11) is 0. The molecule has 114 valence electrons. The Balaban J connectivity index is 1.65. The SMILES string of the molecule is Cc1cc2c(NCCC3CCCC(C)C3)nc(N)nc2s1. The van der Waals surface area contributed by atoms with Crippen LogP contribution in [0.1, 0.15) is 43.9 Å². The number of nitrogens with zero attached hydrogens (tertiary/aromatic N) is 2. The molecule has 0 radical (unpaired) electrons. The number of fused-ring (bicyclic) bond motifs is 1. The quantitative estimate of drug-likeness (QED) is 0.888. The van der Waals surface area contributed by atoms with Crippen LogP contribution in [0.4, 0.5) is 11.8 Å². The molecular formula is C16H24N4S. The van der Waals surface area contributed by atoms with Crippen LogP contribution < -0.4 is 11.1 Å². The highest BCUT2D eigenvalue weighted by atomic mass is 32.1. The van der Waals surface area contributed by atoms with Crippen molar-refractivity contribution in [2.75, 3.05) is 17.6 Å². The summed E-state index contributed by atoms with van der Waals surface area (Å²) in [6.07, 6.45) is 6.77. The van der Waals surface area contributed by atoms with Crippen molar-refractivity contribution in [3.8, 4) is 0 Å². The van der Waals surface area contributed by atoms with Crippen LogP contribution in [-0.2, 0) is 0 Å². The van der Waals surface area contributed by atoms with Crippen LogP contribution in [0.25, 0.3) is 10.2 Å². The molecule has 2 heterocycles. The number of hydrogen-bond acceptors (Lipinski definition) is 5. The maximum Gasteiger partial charge on any atom is 0.223 e. The standard InChI is InChI=1S/C16H24N4S/c1-10-4-3-5-12(8-10)6-7-18-14-13-9-11(2)21-15(13)20-16(17)19-14/h9-10,12H,3-8H2,1-2H3,(H3,17,18,19,20). The summed E-state index contributed by atoms with van der Waals surface area (Å²) < 4.78 is 0. The zero-order valence-corrected chi connectivity index (χ0v) is 13.7. The molecule has 0 spiro atoms. The van der Waals surface area contributed by atoms with Crippen LogP contribution >= 0.6 is 11.3 Å². The first-order valence-corrected chi connectivity index (χ1v) is 8.71. The number of nitrogens with two attached hydrogens (primary N) is 1. The van der Waals surface area contributed by atoms with Gasteiger partial charge in [0.2, 0.25) is 5.95 Å². The van der Waals surface area contributed by atoms with E-state index in [1.54, 1.807) is 11.3 Å². The Morgan fingerprint density at radius 2 is 2.24 bits per heavy atom. The Morgan fingerprint density at radius 3 is 3.05 bits per heavy atom. The molecule has 21 heavy (non-hydrogen) atoms. The summed E-state index contributed by atoms with van der Waals surface area (Å²) in [6, 6.07) is 2.14. The van der Waals surface area contributed by atoms with Gasteiger partial charge in [-0.25, -0.2) is 4.98 Å². The molecule has 2 aromatic heterocycles. The van der Waals surface area contributed by atoms with E-state index < -0.39 is 0 Å². The van der Waals surface area contributed by atoms with Crippen LogP contribution in [0.3, 0.4) is 0 Å². The highest BCUT2D eigenvalue weighted by Gasteiger charge is 2.18. The second-order valence-electron chi connectivity index (χ2n) is 6.36. The summed E-state index contributed by atoms with van der Waals surface area (Å²) in [5, 5.41) is 4.58. The number of anilines is 2. The van der Waals surface area contributed by atoms with E-state index in [2.05, 4.69) is 35.2 Å². The van der Waals surface area contributed by atoms with Gasteiger partial charge >= 0.3 is 0 Å². The molecule has 4 nitrogen and oxygen atoms in total. The van der Waals surface area contributed by atoms with Crippen molar-refractivity contribution in [2.45, 2.75) is 46.0 Å². The molecule has 3 N–H and O–H groups in total. The van der Waals surface area contributed by atoms with Crippen LogP contribution in [0.2, 0.25) is 0 Å². The molecule has 0 aromatic carbocycles. The number of nitrogen functional groups attached to an aromatic ring is 1. The maximum atomic E-state index is 5.81. The van der Waals surface area contributed by atoms with Gasteiger partial charge in [-0.15, -0.1) is 11.3 Å². The second kappa shape index (κ2) is 6.18. The van der Waals surface area contributed by atoms with Crippen molar-refractivity contribution in [2.24, 2.45) is 11.8 Å². The number of aromatic nitrogens is 2. The molecule has 2 unspecified atom stereocenters. The number of hydrogen-bond donors (Lipinski definition) is 2. The summed E-state index contributed by atoms with van der Waals surface area (Å²) in [5.41, 5.74) is 5.81. The summed E-state index contributed by atoms with van der Waals surface area (Å²) in [6.45, 7) is 5.44. The maximum absolute atomic E-state index is 5.81. The van der Waals surface area contributed by atoms with E-state index in [1.165, 1.54) is 37.0 Å². The fourth-order valence-electron chi connectivity index (χ4n) is 3.41. The average Bonchev–Trinajstić information content (AvgIpc) is 2.79. The van der Waals surface area contributed by atoms with Crippen LogP contribution in [-0.4, -0.2) is 16.5 Å². The molecule has 0 aliphatic heterocycles. The Kier molecular flexibility index (Phi) is 4.29. The van der Waals surface area contributed by atoms with Gasteiger partial charge in [0.05, 0.1) is 5.39 Å². The first-order valence-electron chi connectivity index (χ1n) is 7.89. The van der Waals surface area contributed by atoms with Gasteiger partial charge in [-0.3, -0.25) is 0 Å². The number of aryl methyl sites for hydroxylation is 1. The number of rotatable bonds is 4. The van der Waals surface area contributed by atoms with Gasteiger partial charge in [0.15, 0.2) is 0 Å². The van der Waals surface area contributed by atoms with Gasteiger partial charge in [-0.05, 0) is 37.7 Å². The van der Waals surface area contributed by atoms with E-state index in [0.29, 0.717) is 5.95 Å². The summed E-state index contributed by atoms with van der Waals surface area (Å²) in [4.78, 5) is 10.9. The minimum Gasteiger partial charge on any atom is -0.369 e. The fraction of sp³-hybridized carbons (Fsp3) is 0.625. The monoisotopic (exact) mass is 304 g/mol. The molecule has 0 saturated heterocycles. The van der Waals surface area contributed by atoms with E-state index in [0.717, 1.165) is 34.4 Å². The smallest absolute Gasteiger partial charge is 0.223 e. The zero-order chi connectivity index (χ0) is 14.8. The minimum absolute atomic E-state index is 0.359. The lowest BCUT2D eigenvalue weighted by atomic mass is 9.81. The van der Waals surface area contributed by atoms with Gasteiger partial charge in [0.25, 0.3) is 0 Å². The average molecular weight is 304 g/mol. The molecule has 1 fully saturated rings. The molecule has 2 aromatic rings. The molecule has 2 atom stereocenters. The third-order valence-electron chi connectivity index (χ3n) is 4.42. The molecule has 3 rings (SSSR count). The zero-order valence-electron chi connectivity index (χ0n) is 12.9. The van der Waals surface area contributed by atoms with Crippen molar-refractivity contribution in [1.29, 1.82) is 0 Å². The topological polar surface area (TPSA) is 63.8 Å². The van der Waals surface area contributed by atoms with Crippen LogP contribution in [0.15, 0.2) is 6.07 Å². The predicted molar refractivity (Wildman–Crippen MR) is 90.8 cm³/mol. The Bertz CT molecular complexity index is 622. The molecule has 1 aliphatic rings. The largest absolute Gasteiger partial charge is 0.369 e.